The van der Waals surface area contributed by atoms with Gasteiger partial charge >= 0.3 is 12.0 Å². The highest BCUT2D eigenvalue weighted by Crippen LogP contribution is 2.26. The minimum absolute atomic E-state index is 0.0762. The standard InChI is InChI=1S/C12H22N2O4/c1-8(9-5-3-2-4-6-9)14-12(18)13-7-10(15)11(16)17/h8-10,15H,2-7H2,1H3,(H,16,17)(H2,13,14,18). The van der Waals surface area contributed by atoms with E-state index in [-0.39, 0.29) is 12.6 Å². The van der Waals surface area contributed by atoms with Gasteiger partial charge in [-0.3, -0.25) is 0 Å². The molecule has 0 saturated heterocycles. The molecule has 0 spiro atoms. The minimum atomic E-state index is -1.55. The summed E-state index contributed by atoms with van der Waals surface area (Å²) in [6, 6.07) is -0.347. The summed E-state index contributed by atoms with van der Waals surface area (Å²) >= 11 is 0. The van der Waals surface area contributed by atoms with Crippen LogP contribution in [0.4, 0.5) is 4.79 Å². The van der Waals surface area contributed by atoms with Gasteiger partial charge in [0.2, 0.25) is 0 Å². The van der Waals surface area contributed by atoms with E-state index in [0.29, 0.717) is 5.92 Å². The first-order valence-corrected chi connectivity index (χ1v) is 6.46. The number of aliphatic hydroxyl groups excluding tert-OH is 1. The van der Waals surface area contributed by atoms with Crippen molar-refractivity contribution in [2.24, 2.45) is 5.92 Å². The van der Waals surface area contributed by atoms with Gasteiger partial charge in [-0.15, -0.1) is 0 Å². The molecule has 1 saturated carbocycles. The summed E-state index contributed by atoms with van der Waals surface area (Å²) in [6.07, 6.45) is 4.37. The Hall–Kier alpha value is -1.30. The number of carbonyl (C=O) groups excluding carboxylic acids is 1. The van der Waals surface area contributed by atoms with Crippen molar-refractivity contribution in [1.29, 1.82) is 0 Å². The predicted molar refractivity (Wildman–Crippen MR) is 66.2 cm³/mol. The second-order valence-corrected chi connectivity index (χ2v) is 4.90. The van der Waals surface area contributed by atoms with Crippen molar-refractivity contribution < 1.29 is 19.8 Å². The molecule has 1 fully saturated rings. The molecule has 104 valence electrons. The van der Waals surface area contributed by atoms with Gasteiger partial charge in [-0.1, -0.05) is 19.3 Å². The average Bonchev–Trinajstić information content (AvgIpc) is 2.36. The van der Waals surface area contributed by atoms with Crippen LogP contribution in [-0.2, 0) is 4.79 Å². The van der Waals surface area contributed by atoms with Gasteiger partial charge in [-0.25, -0.2) is 9.59 Å². The summed E-state index contributed by atoms with van der Waals surface area (Å²) in [5.74, 6) is -0.843. The number of hydrogen-bond donors (Lipinski definition) is 4. The van der Waals surface area contributed by atoms with Gasteiger partial charge in [-0.05, 0) is 25.7 Å². The summed E-state index contributed by atoms with van der Waals surface area (Å²) in [6.45, 7) is 1.68. The van der Waals surface area contributed by atoms with Crippen LogP contribution in [0.15, 0.2) is 0 Å². The average molecular weight is 258 g/mol. The summed E-state index contributed by atoms with van der Waals surface area (Å²) in [7, 11) is 0. The zero-order chi connectivity index (χ0) is 13.5. The van der Waals surface area contributed by atoms with Gasteiger partial charge in [0.1, 0.15) is 0 Å². The Labute approximate surface area is 107 Å². The van der Waals surface area contributed by atoms with Crippen molar-refractivity contribution in [3.63, 3.8) is 0 Å². The Morgan fingerprint density at radius 3 is 2.44 bits per heavy atom. The third-order valence-corrected chi connectivity index (χ3v) is 3.46. The van der Waals surface area contributed by atoms with Crippen LogP contribution in [0.2, 0.25) is 0 Å². The minimum Gasteiger partial charge on any atom is -0.479 e. The summed E-state index contributed by atoms with van der Waals surface area (Å²) < 4.78 is 0. The Kier molecular flexibility index (Phi) is 5.91. The fraction of sp³-hybridized carbons (Fsp3) is 0.833. The number of carboxylic acids is 1. The SMILES string of the molecule is CC(NC(=O)NCC(O)C(=O)O)C1CCCCC1. The first kappa shape index (κ1) is 14.8. The third-order valence-electron chi connectivity index (χ3n) is 3.46. The van der Waals surface area contributed by atoms with Gasteiger partial charge in [0.25, 0.3) is 0 Å². The van der Waals surface area contributed by atoms with Gasteiger partial charge in [0, 0.05) is 6.04 Å². The van der Waals surface area contributed by atoms with Crippen LogP contribution in [0.25, 0.3) is 0 Å². The summed E-state index contributed by atoms with van der Waals surface area (Å²) in [4.78, 5) is 21.9. The second kappa shape index (κ2) is 7.20. The van der Waals surface area contributed by atoms with Gasteiger partial charge in [0.05, 0.1) is 6.54 Å². The monoisotopic (exact) mass is 258 g/mol. The normalized spacial score (nSPS) is 19.9. The van der Waals surface area contributed by atoms with E-state index in [1.54, 1.807) is 0 Å². The molecule has 18 heavy (non-hydrogen) atoms. The molecule has 0 aromatic rings. The van der Waals surface area contributed by atoms with Crippen LogP contribution in [-0.4, -0.2) is 40.9 Å². The zero-order valence-corrected chi connectivity index (χ0v) is 10.7. The fourth-order valence-corrected chi connectivity index (χ4v) is 2.29. The predicted octanol–water partition coefficient (Wildman–Crippen LogP) is 0.700. The van der Waals surface area contributed by atoms with Crippen molar-refractivity contribution in [2.45, 2.75) is 51.2 Å². The first-order chi connectivity index (χ1) is 8.50. The maximum atomic E-state index is 11.5. The third kappa shape index (κ3) is 4.91. The van der Waals surface area contributed by atoms with Crippen molar-refractivity contribution in [3.8, 4) is 0 Å². The zero-order valence-electron chi connectivity index (χ0n) is 10.7. The molecular formula is C12H22N2O4. The van der Waals surface area contributed by atoms with Crippen LogP contribution in [0.1, 0.15) is 39.0 Å². The number of hydrogen-bond acceptors (Lipinski definition) is 3. The van der Waals surface area contributed by atoms with Crippen LogP contribution >= 0.6 is 0 Å². The van der Waals surface area contributed by atoms with E-state index in [1.807, 2.05) is 6.92 Å². The summed E-state index contributed by atoms with van der Waals surface area (Å²) in [5, 5.41) is 22.6. The van der Waals surface area contributed by atoms with Crippen LogP contribution in [0.5, 0.6) is 0 Å². The molecule has 2 unspecified atom stereocenters. The van der Waals surface area contributed by atoms with Gasteiger partial charge in [0.15, 0.2) is 6.10 Å². The number of rotatable bonds is 5. The molecule has 2 amide bonds. The fourth-order valence-electron chi connectivity index (χ4n) is 2.29. The highest BCUT2D eigenvalue weighted by Gasteiger charge is 2.22. The lowest BCUT2D eigenvalue weighted by Gasteiger charge is -2.28. The second-order valence-electron chi connectivity index (χ2n) is 4.90. The lowest BCUT2D eigenvalue weighted by Crippen LogP contribution is -2.47. The van der Waals surface area contributed by atoms with E-state index in [0.717, 1.165) is 12.8 Å². The maximum Gasteiger partial charge on any atom is 0.334 e. The molecule has 1 rings (SSSR count). The first-order valence-electron chi connectivity index (χ1n) is 6.46. The topological polar surface area (TPSA) is 98.7 Å². The van der Waals surface area contributed by atoms with Gasteiger partial charge < -0.3 is 20.8 Å². The van der Waals surface area contributed by atoms with E-state index in [9.17, 15) is 9.59 Å². The van der Waals surface area contributed by atoms with E-state index in [2.05, 4.69) is 10.6 Å². The van der Waals surface area contributed by atoms with Crippen LogP contribution in [0, 0.1) is 5.92 Å². The van der Waals surface area contributed by atoms with E-state index in [4.69, 9.17) is 10.2 Å². The molecule has 6 heteroatoms. The smallest absolute Gasteiger partial charge is 0.334 e. The van der Waals surface area contributed by atoms with Crippen LogP contribution in [0.3, 0.4) is 0 Å². The molecule has 0 aromatic carbocycles. The number of carbonyl (C=O) groups is 2. The number of aliphatic hydroxyl groups is 1. The Morgan fingerprint density at radius 1 is 1.28 bits per heavy atom. The van der Waals surface area contributed by atoms with E-state index in [1.165, 1.54) is 19.3 Å². The number of carboxylic acid groups (broad SMARTS) is 1. The molecule has 1 aliphatic carbocycles. The van der Waals surface area contributed by atoms with Crippen LogP contribution < -0.4 is 10.6 Å². The molecular weight excluding hydrogens is 236 g/mol. The molecule has 0 bridgehead atoms. The molecule has 2 atom stereocenters. The van der Waals surface area contributed by atoms with Gasteiger partial charge in [-0.2, -0.15) is 0 Å². The number of urea groups is 1. The summed E-state index contributed by atoms with van der Waals surface area (Å²) in [5.41, 5.74) is 0. The van der Waals surface area contributed by atoms with E-state index >= 15 is 0 Å². The van der Waals surface area contributed by atoms with Crippen molar-refractivity contribution >= 4 is 12.0 Å². The molecule has 4 N–H and O–H groups in total. The van der Waals surface area contributed by atoms with Crippen molar-refractivity contribution in [1.82, 2.24) is 10.6 Å². The van der Waals surface area contributed by atoms with Crippen molar-refractivity contribution in [2.75, 3.05) is 6.54 Å². The molecule has 0 heterocycles. The maximum absolute atomic E-state index is 11.5. The highest BCUT2D eigenvalue weighted by molar-refractivity contribution is 5.76. The molecule has 0 radical (unpaired) electrons. The Bertz CT molecular complexity index is 290. The largest absolute Gasteiger partial charge is 0.479 e. The highest BCUT2D eigenvalue weighted by atomic mass is 16.4. The van der Waals surface area contributed by atoms with E-state index < -0.39 is 18.1 Å². The van der Waals surface area contributed by atoms with Crippen molar-refractivity contribution in [3.05, 3.63) is 0 Å². The molecule has 0 aromatic heterocycles. The Balaban J connectivity index is 2.24. The molecule has 0 aliphatic heterocycles. The molecule has 6 nitrogen and oxygen atoms in total. The lowest BCUT2D eigenvalue weighted by molar-refractivity contribution is -0.146. The Morgan fingerprint density at radius 2 is 1.89 bits per heavy atom. The lowest BCUT2D eigenvalue weighted by atomic mass is 9.85. The molecule has 1 aliphatic rings. The number of nitrogens with one attached hydrogen (secondary N) is 2. The number of amides is 2. The number of aliphatic carboxylic acids is 1. The quantitative estimate of drug-likeness (QED) is 0.583.